The Morgan fingerprint density at radius 1 is 1.20 bits per heavy atom. The van der Waals surface area contributed by atoms with E-state index in [4.69, 9.17) is 4.74 Å². The summed E-state index contributed by atoms with van der Waals surface area (Å²) < 4.78 is 5.93. The third-order valence-corrected chi connectivity index (χ3v) is 3.24. The van der Waals surface area contributed by atoms with Gasteiger partial charge < -0.3 is 10.1 Å². The summed E-state index contributed by atoms with van der Waals surface area (Å²) in [6.45, 7) is 8.48. The molecule has 2 aromatic rings. The minimum Gasteiger partial charge on any atom is -0.489 e. The largest absolute Gasteiger partial charge is 0.489 e. The molecule has 0 bridgehead atoms. The molecule has 0 radical (unpaired) electrons. The fraction of sp³-hybridized carbons (Fsp3) is 0.471. The summed E-state index contributed by atoms with van der Waals surface area (Å²) in [7, 11) is 0. The molecule has 0 aliphatic heterocycles. The van der Waals surface area contributed by atoms with Crippen LogP contribution < -0.4 is 10.1 Å². The number of fused-ring (bicyclic) bond motifs is 1. The molecule has 0 saturated carbocycles. The first kappa shape index (κ1) is 14.8. The van der Waals surface area contributed by atoms with Crippen LogP contribution in [0.25, 0.3) is 10.9 Å². The lowest BCUT2D eigenvalue weighted by atomic mass is 10.1. The molecule has 1 atom stereocenters. The second kappa shape index (κ2) is 7.25. The van der Waals surface area contributed by atoms with E-state index in [1.807, 2.05) is 24.4 Å². The zero-order valence-corrected chi connectivity index (χ0v) is 12.6. The van der Waals surface area contributed by atoms with Crippen molar-refractivity contribution in [3.8, 4) is 5.75 Å². The van der Waals surface area contributed by atoms with E-state index in [0.717, 1.165) is 35.7 Å². The minimum atomic E-state index is 0.156. The van der Waals surface area contributed by atoms with Crippen molar-refractivity contribution >= 4 is 10.9 Å². The van der Waals surface area contributed by atoms with Crippen molar-refractivity contribution in [2.45, 2.75) is 33.3 Å². The van der Waals surface area contributed by atoms with Gasteiger partial charge in [-0.25, -0.2) is 0 Å². The van der Waals surface area contributed by atoms with Gasteiger partial charge in [0.2, 0.25) is 0 Å². The van der Waals surface area contributed by atoms with Gasteiger partial charge in [0.05, 0.1) is 5.52 Å². The molecule has 0 amide bonds. The highest BCUT2D eigenvalue weighted by Crippen LogP contribution is 2.19. The minimum absolute atomic E-state index is 0.156. The summed E-state index contributed by atoms with van der Waals surface area (Å²) in [5, 5.41) is 4.57. The van der Waals surface area contributed by atoms with Gasteiger partial charge in [0.15, 0.2) is 0 Å². The smallest absolute Gasteiger partial charge is 0.121 e. The molecule has 1 aromatic heterocycles. The zero-order chi connectivity index (χ0) is 14.4. The Hall–Kier alpha value is -1.61. The standard InChI is InChI=1S/C17H24N2O/c1-13(2)8-10-18-12-14(3)20-16-7-6-15-5-4-9-19-17(15)11-16/h4-7,9,11,13-14,18H,8,10,12H2,1-3H3. The van der Waals surface area contributed by atoms with Crippen molar-refractivity contribution in [3.63, 3.8) is 0 Å². The molecule has 0 spiro atoms. The summed E-state index contributed by atoms with van der Waals surface area (Å²) in [6, 6.07) is 10.1. The van der Waals surface area contributed by atoms with Crippen LogP contribution in [-0.4, -0.2) is 24.2 Å². The van der Waals surface area contributed by atoms with Gasteiger partial charge in [0, 0.05) is 24.2 Å². The first-order chi connectivity index (χ1) is 9.65. The molecule has 3 heteroatoms. The van der Waals surface area contributed by atoms with E-state index in [9.17, 15) is 0 Å². The van der Waals surface area contributed by atoms with Crippen LogP contribution in [0, 0.1) is 5.92 Å². The second-order valence-electron chi connectivity index (χ2n) is 5.67. The topological polar surface area (TPSA) is 34.1 Å². The van der Waals surface area contributed by atoms with Crippen LogP contribution in [-0.2, 0) is 0 Å². The van der Waals surface area contributed by atoms with Crippen LogP contribution in [0.15, 0.2) is 36.5 Å². The maximum Gasteiger partial charge on any atom is 0.121 e. The van der Waals surface area contributed by atoms with Gasteiger partial charge in [-0.15, -0.1) is 0 Å². The fourth-order valence-corrected chi connectivity index (χ4v) is 2.09. The number of pyridine rings is 1. The number of nitrogens with zero attached hydrogens (tertiary/aromatic N) is 1. The Morgan fingerprint density at radius 2 is 2.05 bits per heavy atom. The summed E-state index contributed by atoms with van der Waals surface area (Å²) in [6.07, 6.45) is 3.17. The molecule has 0 saturated heterocycles. The van der Waals surface area contributed by atoms with Crippen molar-refractivity contribution in [2.75, 3.05) is 13.1 Å². The van der Waals surface area contributed by atoms with Gasteiger partial charge in [-0.05, 0) is 44.0 Å². The Bertz CT molecular complexity index is 539. The summed E-state index contributed by atoms with van der Waals surface area (Å²) in [4.78, 5) is 4.35. The van der Waals surface area contributed by atoms with E-state index in [1.54, 1.807) is 0 Å². The lowest BCUT2D eigenvalue weighted by molar-refractivity contribution is 0.217. The Morgan fingerprint density at radius 3 is 2.85 bits per heavy atom. The molecular weight excluding hydrogens is 248 g/mol. The van der Waals surface area contributed by atoms with E-state index < -0.39 is 0 Å². The van der Waals surface area contributed by atoms with Gasteiger partial charge in [-0.2, -0.15) is 0 Å². The molecule has 1 aromatic carbocycles. The van der Waals surface area contributed by atoms with Crippen LogP contribution in [0.5, 0.6) is 5.75 Å². The highest BCUT2D eigenvalue weighted by molar-refractivity contribution is 5.79. The third-order valence-electron chi connectivity index (χ3n) is 3.24. The van der Waals surface area contributed by atoms with Crippen LogP contribution in [0.2, 0.25) is 0 Å². The van der Waals surface area contributed by atoms with Crippen molar-refractivity contribution in [1.82, 2.24) is 10.3 Å². The number of hydrogen-bond donors (Lipinski definition) is 1. The monoisotopic (exact) mass is 272 g/mol. The Labute approximate surface area is 121 Å². The quantitative estimate of drug-likeness (QED) is 0.781. The van der Waals surface area contributed by atoms with Gasteiger partial charge in [-0.3, -0.25) is 4.98 Å². The van der Waals surface area contributed by atoms with E-state index in [-0.39, 0.29) is 6.10 Å². The van der Waals surface area contributed by atoms with Crippen LogP contribution >= 0.6 is 0 Å². The maximum absolute atomic E-state index is 5.93. The highest BCUT2D eigenvalue weighted by atomic mass is 16.5. The molecule has 1 heterocycles. The van der Waals surface area contributed by atoms with Gasteiger partial charge in [0.25, 0.3) is 0 Å². The molecule has 1 N–H and O–H groups in total. The predicted molar refractivity (Wildman–Crippen MR) is 84.2 cm³/mol. The lowest BCUT2D eigenvalue weighted by Crippen LogP contribution is -2.30. The number of ether oxygens (including phenoxy) is 1. The van der Waals surface area contributed by atoms with Crippen LogP contribution in [0.3, 0.4) is 0 Å². The van der Waals surface area contributed by atoms with Crippen LogP contribution in [0.4, 0.5) is 0 Å². The highest BCUT2D eigenvalue weighted by Gasteiger charge is 2.05. The zero-order valence-electron chi connectivity index (χ0n) is 12.6. The average Bonchev–Trinajstić information content (AvgIpc) is 2.43. The van der Waals surface area contributed by atoms with E-state index in [1.165, 1.54) is 6.42 Å². The number of benzene rings is 1. The average molecular weight is 272 g/mol. The molecule has 0 aliphatic carbocycles. The molecule has 108 valence electrons. The van der Waals surface area contributed by atoms with Crippen molar-refractivity contribution in [2.24, 2.45) is 5.92 Å². The number of hydrogen-bond acceptors (Lipinski definition) is 3. The van der Waals surface area contributed by atoms with Crippen molar-refractivity contribution in [1.29, 1.82) is 0 Å². The Kier molecular flexibility index (Phi) is 5.36. The SMILES string of the molecule is CC(C)CCNCC(C)Oc1ccc2cccnc2c1. The normalized spacial score (nSPS) is 12.8. The van der Waals surface area contributed by atoms with Crippen molar-refractivity contribution < 1.29 is 4.74 Å². The summed E-state index contributed by atoms with van der Waals surface area (Å²) >= 11 is 0. The molecule has 3 nitrogen and oxygen atoms in total. The molecule has 1 unspecified atom stereocenters. The summed E-state index contributed by atoms with van der Waals surface area (Å²) in [5.41, 5.74) is 0.977. The second-order valence-corrected chi connectivity index (χ2v) is 5.67. The van der Waals surface area contributed by atoms with Crippen molar-refractivity contribution in [3.05, 3.63) is 36.5 Å². The number of aromatic nitrogens is 1. The van der Waals surface area contributed by atoms with Crippen LogP contribution in [0.1, 0.15) is 27.2 Å². The Balaban J connectivity index is 1.84. The van der Waals surface area contributed by atoms with E-state index >= 15 is 0 Å². The predicted octanol–water partition coefficient (Wildman–Crippen LogP) is 3.64. The number of rotatable bonds is 7. The first-order valence-corrected chi connectivity index (χ1v) is 7.37. The van der Waals surface area contributed by atoms with E-state index in [2.05, 4.69) is 43.2 Å². The first-order valence-electron chi connectivity index (χ1n) is 7.37. The maximum atomic E-state index is 5.93. The molecule has 20 heavy (non-hydrogen) atoms. The summed E-state index contributed by atoms with van der Waals surface area (Å²) in [5.74, 6) is 1.62. The molecular formula is C17H24N2O. The molecule has 0 fully saturated rings. The lowest BCUT2D eigenvalue weighted by Gasteiger charge is -2.16. The number of nitrogens with one attached hydrogen (secondary N) is 1. The molecule has 2 rings (SSSR count). The van der Waals surface area contributed by atoms with Gasteiger partial charge in [-0.1, -0.05) is 19.9 Å². The molecule has 0 aliphatic rings. The fourth-order valence-electron chi connectivity index (χ4n) is 2.09. The van der Waals surface area contributed by atoms with E-state index in [0.29, 0.717) is 0 Å². The third kappa shape index (κ3) is 4.49. The van der Waals surface area contributed by atoms with Gasteiger partial charge in [0.1, 0.15) is 11.9 Å². The van der Waals surface area contributed by atoms with Gasteiger partial charge >= 0.3 is 0 Å².